The minimum absolute atomic E-state index is 0. The molecule has 0 amide bonds. The van der Waals surface area contributed by atoms with Gasteiger partial charge in [-0.1, -0.05) is 19.1 Å². The molecule has 2 unspecified atom stereocenters. The van der Waals surface area contributed by atoms with Crippen molar-refractivity contribution in [1.82, 2.24) is 10.6 Å². The van der Waals surface area contributed by atoms with Gasteiger partial charge in [0.1, 0.15) is 5.75 Å². The first-order valence-corrected chi connectivity index (χ1v) is 9.65. The Kier molecular flexibility index (Phi) is 9.96. The van der Waals surface area contributed by atoms with Crippen molar-refractivity contribution < 1.29 is 9.84 Å². The lowest BCUT2D eigenvalue weighted by Crippen LogP contribution is -2.58. The number of guanidine groups is 1. The molecule has 25 heavy (non-hydrogen) atoms. The normalized spacial score (nSPS) is 22.6. The first-order chi connectivity index (χ1) is 11.6. The maximum Gasteiger partial charge on any atom is 0.191 e. The summed E-state index contributed by atoms with van der Waals surface area (Å²) in [6, 6.07) is 7.91. The number of hydrogen-bond acceptors (Lipinski definition) is 4. The Hall–Kier alpha value is -0.670. The van der Waals surface area contributed by atoms with Crippen molar-refractivity contribution in [2.24, 2.45) is 4.99 Å². The van der Waals surface area contributed by atoms with Gasteiger partial charge in [0.15, 0.2) is 5.96 Å². The van der Waals surface area contributed by atoms with E-state index in [4.69, 9.17) is 4.74 Å². The van der Waals surface area contributed by atoms with Gasteiger partial charge in [-0.2, -0.15) is 11.8 Å². The number of halogens is 1. The predicted octanol–water partition coefficient (Wildman–Crippen LogP) is 3.01. The second-order valence-corrected chi connectivity index (χ2v) is 7.47. The molecule has 1 aliphatic rings. The molecule has 1 aliphatic carbocycles. The number of nitrogens with one attached hydrogen (secondary N) is 2. The third-order valence-electron chi connectivity index (χ3n) is 4.27. The van der Waals surface area contributed by atoms with Crippen molar-refractivity contribution in [3.8, 4) is 5.75 Å². The van der Waals surface area contributed by atoms with Crippen LogP contribution in [0.4, 0.5) is 0 Å². The zero-order valence-corrected chi connectivity index (χ0v) is 18.4. The van der Waals surface area contributed by atoms with Gasteiger partial charge < -0.3 is 20.5 Å². The number of nitrogens with zero attached hydrogens (tertiary/aromatic N) is 1. The lowest BCUT2D eigenvalue weighted by atomic mass is 9.79. The Bertz CT molecular complexity index is 559. The maximum atomic E-state index is 10.7. The van der Waals surface area contributed by atoms with Gasteiger partial charge >= 0.3 is 0 Å². The molecule has 3 N–H and O–H groups in total. The summed E-state index contributed by atoms with van der Waals surface area (Å²) in [6.07, 6.45) is 1.95. The van der Waals surface area contributed by atoms with Crippen molar-refractivity contribution >= 4 is 41.7 Å². The van der Waals surface area contributed by atoms with E-state index in [9.17, 15) is 5.11 Å². The molecule has 5 nitrogen and oxygen atoms in total. The standard InChI is InChI=1S/C18H29N3O2S.HI/c1-4-19-17(20-12-14-7-6-8-15(11-14)23-3)21-13-18(22)10-9-16(18)24-5-2;/h6-8,11,16,22H,4-5,9-10,12-13H2,1-3H3,(H2,19,20,21);1H. The Morgan fingerprint density at radius 2 is 2.20 bits per heavy atom. The van der Waals surface area contributed by atoms with Gasteiger partial charge in [0, 0.05) is 18.3 Å². The van der Waals surface area contributed by atoms with Crippen LogP contribution in [0.2, 0.25) is 0 Å². The van der Waals surface area contributed by atoms with Gasteiger partial charge in [0.05, 0.1) is 19.3 Å². The summed E-state index contributed by atoms with van der Waals surface area (Å²) in [4.78, 5) is 4.61. The van der Waals surface area contributed by atoms with Crippen LogP contribution >= 0.6 is 35.7 Å². The summed E-state index contributed by atoms with van der Waals surface area (Å²) in [6.45, 7) is 6.06. The Morgan fingerprint density at radius 3 is 2.80 bits per heavy atom. The summed E-state index contributed by atoms with van der Waals surface area (Å²) in [5.74, 6) is 2.61. The molecular formula is C18H30IN3O2S. The lowest BCUT2D eigenvalue weighted by Gasteiger charge is -2.45. The van der Waals surface area contributed by atoms with E-state index in [1.165, 1.54) is 0 Å². The second-order valence-electron chi connectivity index (χ2n) is 5.99. The molecule has 1 aromatic carbocycles. The average Bonchev–Trinajstić information content (AvgIpc) is 2.61. The molecule has 0 bridgehead atoms. The zero-order chi connectivity index (χ0) is 17.4. The van der Waals surface area contributed by atoms with Gasteiger partial charge in [-0.3, -0.25) is 0 Å². The third kappa shape index (κ3) is 6.53. The second kappa shape index (κ2) is 11.1. The van der Waals surface area contributed by atoms with Crippen LogP contribution < -0.4 is 15.4 Å². The Labute approximate surface area is 172 Å². The minimum atomic E-state index is -0.618. The van der Waals surface area contributed by atoms with Crippen molar-refractivity contribution in [2.45, 2.75) is 44.1 Å². The summed E-state index contributed by atoms with van der Waals surface area (Å²) < 4.78 is 5.24. The first-order valence-electron chi connectivity index (χ1n) is 8.60. The molecule has 2 rings (SSSR count). The van der Waals surface area contributed by atoms with Crippen molar-refractivity contribution in [3.05, 3.63) is 29.8 Å². The summed E-state index contributed by atoms with van der Waals surface area (Å²) >= 11 is 1.84. The van der Waals surface area contributed by atoms with Gasteiger partial charge in [0.2, 0.25) is 0 Å². The van der Waals surface area contributed by atoms with Gasteiger partial charge in [-0.15, -0.1) is 24.0 Å². The highest BCUT2D eigenvalue weighted by molar-refractivity contribution is 14.0. The van der Waals surface area contributed by atoms with E-state index < -0.39 is 5.60 Å². The van der Waals surface area contributed by atoms with E-state index in [1.807, 2.05) is 43.0 Å². The zero-order valence-electron chi connectivity index (χ0n) is 15.2. The van der Waals surface area contributed by atoms with E-state index in [0.29, 0.717) is 18.3 Å². The van der Waals surface area contributed by atoms with Crippen LogP contribution in [-0.4, -0.2) is 47.9 Å². The number of methoxy groups -OCH3 is 1. The minimum Gasteiger partial charge on any atom is -0.497 e. The molecule has 142 valence electrons. The molecule has 0 spiro atoms. The van der Waals surface area contributed by atoms with E-state index in [0.717, 1.165) is 42.4 Å². The van der Waals surface area contributed by atoms with Crippen LogP contribution in [0, 0.1) is 0 Å². The predicted molar refractivity (Wildman–Crippen MR) is 117 cm³/mol. The number of benzene rings is 1. The van der Waals surface area contributed by atoms with Crippen LogP contribution in [0.15, 0.2) is 29.3 Å². The Balaban J connectivity index is 0.00000312. The number of thioether (sulfide) groups is 1. The fraction of sp³-hybridized carbons (Fsp3) is 0.611. The van der Waals surface area contributed by atoms with Gasteiger partial charge in [-0.05, 0) is 43.2 Å². The van der Waals surface area contributed by atoms with Gasteiger partial charge in [-0.25, -0.2) is 4.99 Å². The van der Waals surface area contributed by atoms with E-state index in [1.54, 1.807) is 7.11 Å². The highest BCUT2D eigenvalue weighted by Gasteiger charge is 2.45. The summed E-state index contributed by atoms with van der Waals surface area (Å²) in [5, 5.41) is 17.6. The quantitative estimate of drug-likeness (QED) is 0.304. The van der Waals surface area contributed by atoms with Crippen molar-refractivity contribution in [1.29, 1.82) is 0 Å². The van der Waals surface area contributed by atoms with Crippen molar-refractivity contribution in [3.63, 3.8) is 0 Å². The van der Waals surface area contributed by atoms with Crippen LogP contribution in [0.5, 0.6) is 5.75 Å². The number of aliphatic hydroxyl groups is 1. The smallest absolute Gasteiger partial charge is 0.191 e. The number of rotatable bonds is 8. The molecule has 0 heterocycles. The number of ether oxygens (including phenoxy) is 1. The number of aliphatic imine (C=N–C) groups is 1. The largest absolute Gasteiger partial charge is 0.497 e. The number of hydrogen-bond donors (Lipinski definition) is 3. The third-order valence-corrected chi connectivity index (χ3v) is 5.68. The molecule has 1 fully saturated rings. The highest BCUT2D eigenvalue weighted by Crippen LogP contribution is 2.40. The van der Waals surface area contributed by atoms with Crippen LogP contribution in [-0.2, 0) is 6.54 Å². The molecule has 0 aliphatic heterocycles. The van der Waals surface area contributed by atoms with Crippen LogP contribution in [0.1, 0.15) is 32.3 Å². The fourth-order valence-corrected chi connectivity index (χ4v) is 3.96. The SMILES string of the molecule is CCNC(=NCc1cccc(OC)c1)NCC1(O)CCC1SCC.I. The van der Waals surface area contributed by atoms with Crippen LogP contribution in [0.3, 0.4) is 0 Å². The van der Waals surface area contributed by atoms with Gasteiger partial charge in [0.25, 0.3) is 0 Å². The molecule has 0 saturated heterocycles. The highest BCUT2D eigenvalue weighted by atomic mass is 127. The topological polar surface area (TPSA) is 65.9 Å². The molecule has 7 heteroatoms. The molecule has 1 aromatic rings. The molecule has 0 radical (unpaired) electrons. The monoisotopic (exact) mass is 479 g/mol. The lowest BCUT2D eigenvalue weighted by molar-refractivity contribution is -0.0198. The average molecular weight is 479 g/mol. The fourth-order valence-electron chi connectivity index (χ4n) is 2.76. The summed E-state index contributed by atoms with van der Waals surface area (Å²) in [7, 11) is 1.66. The van der Waals surface area contributed by atoms with E-state index in [2.05, 4.69) is 22.5 Å². The van der Waals surface area contributed by atoms with E-state index in [-0.39, 0.29) is 24.0 Å². The van der Waals surface area contributed by atoms with Crippen LogP contribution in [0.25, 0.3) is 0 Å². The molecule has 2 atom stereocenters. The molecular weight excluding hydrogens is 449 g/mol. The molecule has 0 aromatic heterocycles. The maximum absolute atomic E-state index is 10.7. The van der Waals surface area contributed by atoms with E-state index >= 15 is 0 Å². The summed E-state index contributed by atoms with van der Waals surface area (Å²) in [5.41, 5.74) is 0.473. The molecule has 1 saturated carbocycles. The Morgan fingerprint density at radius 1 is 1.40 bits per heavy atom. The first kappa shape index (κ1) is 22.4. The van der Waals surface area contributed by atoms with Crippen molar-refractivity contribution in [2.75, 3.05) is 26.0 Å².